The molecule has 37 heavy (non-hydrogen) atoms. The summed E-state index contributed by atoms with van der Waals surface area (Å²) in [6, 6.07) is 6.72. The minimum Gasteiger partial charge on any atom is -0.465 e. The summed E-state index contributed by atoms with van der Waals surface area (Å²) < 4.78 is 0. The average Bonchev–Trinajstić information content (AvgIpc) is 3.15. The summed E-state index contributed by atoms with van der Waals surface area (Å²) in [5, 5.41) is 14.3. The van der Waals surface area contributed by atoms with Crippen molar-refractivity contribution in [1.82, 2.24) is 15.2 Å². The van der Waals surface area contributed by atoms with Crippen molar-refractivity contribution in [3.63, 3.8) is 0 Å². The lowest BCUT2D eigenvalue weighted by atomic mass is 10.0. The van der Waals surface area contributed by atoms with E-state index in [2.05, 4.69) is 20.6 Å². The number of carbonyl (C=O) groups excluding carboxylic acids is 2. The van der Waals surface area contributed by atoms with Crippen molar-refractivity contribution in [2.75, 3.05) is 18.4 Å². The molecule has 194 valence electrons. The van der Waals surface area contributed by atoms with Gasteiger partial charge in [0.1, 0.15) is 5.84 Å². The van der Waals surface area contributed by atoms with Gasteiger partial charge in [-0.25, -0.2) is 9.79 Å². The first-order valence-electron chi connectivity index (χ1n) is 12.5. The molecular formula is C27H32N6O4. The maximum atomic E-state index is 13.2. The molecule has 0 spiro atoms. The number of hydrogen-bond donors (Lipinski definition) is 4. The van der Waals surface area contributed by atoms with Gasteiger partial charge in [-0.05, 0) is 49.1 Å². The van der Waals surface area contributed by atoms with E-state index in [0.717, 1.165) is 29.7 Å². The summed E-state index contributed by atoms with van der Waals surface area (Å²) in [6.45, 7) is 5.45. The summed E-state index contributed by atoms with van der Waals surface area (Å²) in [4.78, 5) is 47.8. The number of nitrogens with one attached hydrogen (secondary N) is 2. The molecule has 2 heterocycles. The number of anilines is 1. The number of aliphatic imine (C=N–C) groups is 1. The Bertz CT molecular complexity index is 1280. The first-order chi connectivity index (χ1) is 17.8. The van der Waals surface area contributed by atoms with Crippen molar-refractivity contribution in [3.05, 3.63) is 58.4 Å². The molecule has 1 atom stereocenters. The van der Waals surface area contributed by atoms with Gasteiger partial charge in [-0.2, -0.15) is 0 Å². The smallest absolute Gasteiger partial charge is 0.404 e. The number of amides is 3. The number of pyridine rings is 1. The van der Waals surface area contributed by atoms with Gasteiger partial charge in [0.05, 0.1) is 17.6 Å². The van der Waals surface area contributed by atoms with Gasteiger partial charge in [0.25, 0.3) is 5.91 Å². The Morgan fingerprint density at radius 3 is 2.59 bits per heavy atom. The highest BCUT2D eigenvalue weighted by atomic mass is 16.4. The van der Waals surface area contributed by atoms with Crippen molar-refractivity contribution >= 4 is 41.2 Å². The van der Waals surface area contributed by atoms with Crippen molar-refractivity contribution in [2.45, 2.75) is 52.0 Å². The first-order valence-corrected chi connectivity index (χ1v) is 12.5. The van der Waals surface area contributed by atoms with Gasteiger partial charge in [-0.1, -0.05) is 19.9 Å². The topological polar surface area (TPSA) is 150 Å². The molecule has 1 aliphatic heterocycles. The van der Waals surface area contributed by atoms with Gasteiger partial charge in [0.15, 0.2) is 0 Å². The third-order valence-electron chi connectivity index (χ3n) is 6.36. The molecule has 2 aliphatic rings. The van der Waals surface area contributed by atoms with Gasteiger partial charge in [0, 0.05) is 54.4 Å². The predicted molar refractivity (Wildman–Crippen MR) is 142 cm³/mol. The van der Waals surface area contributed by atoms with Crippen molar-refractivity contribution in [2.24, 2.45) is 10.7 Å². The molecule has 0 fully saturated rings. The minimum absolute atomic E-state index is 0.0403. The Balaban J connectivity index is 1.51. The van der Waals surface area contributed by atoms with Crippen LogP contribution >= 0.6 is 0 Å². The highest BCUT2D eigenvalue weighted by molar-refractivity contribution is 6.07. The number of hydrogen-bond acceptors (Lipinski definition) is 6. The molecule has 0 radical (unpaired) electrons. The molecule has 1 unspecified atom stereocenters. The Morgan fingerprint density at radius 1 is 1.14 bits per heavy atom. The fourth-order valence-corrected chi connectivity index (χ4v) is 4.75. The van der Waals surface area contributed by atoms with E-state index in [1.807, 2.05) is 30.9 Å². The summed E-state index contributed by atoms with van der Waals surface area (Å²) in [6.07, 6.45) is 5.35. The molecule has 4 rings (SSSR count). The lowest BCUT2D eigenvalue weighted by Crippen LogP contribution is -2.34. The van der Waals surface area contributed by atoms with Crippen LogP contribution in [0.2, 0.25) is 0 Å². The SMILES string of the molecule is CCCN(CCC)C(=O)C1=Cc2ccc(C(=O)Nc3cnc4c(c3)CC(NC(=O)O)C4)cc2N=C(N)C1. The molecule has 1 aromatic carbocycles. The second kappa shape index (κ2) is 11.2. The summed E-state index contributed by atoms with van der Waals surface area (Å²) >= 11 is 0. The van der Waals surface area contributed by atoms with Crippen LogP contribution in [0, 0.1) is 0 Å². The van der Waals surface area contributed by atoms with Crippen LogP contribution in [0.1, 0.15) is 60.3 Å². The summed E-state index contributed by atoms with van der Waals surface area (Å²) in [5.74, 6) is -0.0595. The number of carbonyl (C=O) groups is 3. The van der Waals surface area contributed by atoms with E-state index in [4.69, 9.17) is 10.8 Å². The molecular weight excluding hydrogens is 472 g/mol. The van der Waals surface area contributed by atoms with Crippen LogP contribution in [0.15, 0.2) is 41.0 Å². The Kier molecular flexibility index (Phi) is 7.86. The fraction of sp³-hybridized carbons (Fsp3) is 0.370. The third kappa shape index (κ3) is 6.14. The monoisotopic (exact) mass is 504 g/mol. The number of nitrogens with two attached hydrogens (primary N) is 1. The van der Waals surface area contributed by atoms with Crippen LogP contribution in [0.5, 0.6) is 0 Å². The maximum Gasteiger partial charge on any atom is 0.404 e. The Hall–Kier alpha value is -4.21. The van der Waals surface area contributed by atoms with Crippen LogP contribution in [0.3, 0.4) is 0 Å². The summed E-state index contributed by atoms with van der Waals surface area (Å²) in [5.41, 5.74) is 10.6. The molecule has 2 aromatic rings. The highest BCUT2D eigenvalue weighted by Gasteiger charge is 2.25. The number of benzene rings is 1. The molecule has 0 saturated heterocycles. The lowest BCUT2D eigenvalue weighted by Gasteiger charge is -2.22. The predicted octanol–water partition coefficient (Wildman–Crippen LogP) is 3.49. The Labute approximate surface area is 215 Å². The molecule has 0 saturated carbocycles. The molecule has 10 heteroatoms. The highest BCUT2D eigenvalue weighted by Crippen LogP contribution is 2.29. The molecule has 1 aromatic heterocycles. The van der Waals surface area contributed by atoms with Gasteiger partial charge in [-0.15, -0.1) is 0 Å². The van der Waals surface area contributed by atoms with Crippen molar-refractivity contribution in [3.8, 4) is 0 Å². The van der Waals surface area contributed by atoms with Crippen LogP contribution in [0.25, 0.3) is 6.08 Å². The zero-order valence-electron chi connectivity index (χ0n) is 21.1. The van der Waals surface area contributed by atoms with Crippen LogP contribution in [-0.2, 0) is 17.6 Å². The number of fused-ring (bicyclic) bond motifs is 2. The zero-order chi connectivity index (χ0) is 26.5. The maximum absolute atomic E-state index is 13.2. The Morgan fingerprint density at radius 2 is 1.89 bits per heavy atom. The van der Waals surface area contributed by atoms with E-state index in [1.54, 1.807) is 24.4 Å². The van der Waals surface area contributed by atoms with E-state index in [0.29, 0.717) is 54.3 Å². The van der Waals surface area contributed by atoms with E-state index in [1.165, 1.54) is 0 Å². The second-order valence-corrected chi connectivity index (χ2v) is 9.35. The molecule has 3 amide bonds. The van der Waals surface area contributed by atoms with Gasteiger partial charge >= 0.3 is 6.09 Å². The van der Waals surface area contributed by atoms with Crippen LogP contribution in [-0.4, -0.2) is 57.9 Å². The molecule has 5 N–H and O–H groups in total. The van der Waals surface area contributed by atoms with E-state index >= 15 is 0 Å². The van der Waals surface area contributed by atoms with Crippen LogP contribution in [0.4, 0.5) is 16.2 Å². The first kappa shape index (κ1) is 25.9. The normalized spacial score (nSPS) is 16.0. The number of rotatable bonds is 8. The van der Waals surface area contributed by atoms with Crippen LogP contribution < -0.4 is 16.4 Å². The van der Waals surface area contributed by atoms with E-state index in [-0.39, 0.29) is 24.3 Å². The van der Waals surface area contributed by atoms with Gasteiger partial charge in [-0.3, -0.25) is 14.6 Å². The van der Waals surface area contributed by atoms with Gasteiger partial charge in [0.2, 0.25) is 5.91 Å². The zero-order valence-corrected chi connectivity index (χ0v) is 21.1. The molecule has 1 aliphatic carbocycles. The minimum atomic E-state index is -1.07. The van der Waals surface area contributed by atoms with Crippen molar-refractivity contribution < 1.29 is 19.5 Å². The van der Waals surface area contributed by atoms with Crippen molar-refractivity contribution in [1.29, 1.82) is 0 Å². The van der Waals surface area contributed by atoms with Gasteiger partial charge < -0.3 is 26.4 Å². The third-order valence-corrected chi connectivity index (χ3v) is 6.36. The molecule has 0 bridgehead atoms. The summed E-state index contributed by atoms with van der Waals surface area (Å²) in [7, 11) is 0. The lowest BCUT2D eigenvalue weighted by molar-refractivity contribution is -0.127. The number of aromatic nitrogens is 1. The van der Waals surface area contributed by atoms with E-state index < -0.39 is 6.09 Å². The number of amidine groups is 1. The standard InChI is InChI=1S/C27H32N6O4/c1-3-7-33(8-4-2)26(35)19-9-16-5-6-17(12-23(16)32-24(28)13-19)25(34)30-21-11-18-10-20(31-27(36)37)14-22(18)29-15-21/h5-6,9,11-12,15,20,31H,3-4,7-8,10,13-14H2,1-2H3,(H2,28,32)(H,30,34)(H,36,37). The number of carboxylic acid groups (broad SMARTS) is 1. The quantitative estimate of drug-likeness (QED) is 0.432. The van der Waals surface area contributed by atoms with E-state index in [9.17, 15) is 14.4 Å². The molecule has 10 nitrogen and oxygen atoms in total. The second-order valence-electron chi connectivity index (χ2n) is 9.35. The average molecular weight is 505 g/mol. The largest absolute Gasteiger partial charge is 0.465 e. The number of nitrogens with zero attached hydrogens (tertiary/aromatic N) is 3. The fourth-order valence-electron chi connectivity index (χ4n) is 4.75.